The molecule has 2 aliphatic rings. The molecule has 24 heavy (non-hydrogen) atoms. The standard InChI is InChI=1S/C18H23N3O3/c1-3-7-19-18(24)14-10-17(23)21(11-14)15-4-5-16-13(9-15)6-8-20(16)12(2)22/h4-5,9,14H,3,6-8,10-11H2,1-2H3,(H,19,24). The van der Waals surface area contributed by atoms with E-state index in [9.17, 15) is 14.4 Å². The molecule has 0 aliphatic carbocycles. The summed E-state index contributed by atoms with van der Waals surface area (Å²) in [5.74, 6) is -0.318. The van der Waals surface area contributed by atoms with E-state index in [2.05, 4.69) is 5.32 Å². The summed E-state index contributed by atoms with van der Waals surface area (Å²) < 4.78 is 0. The smallest absolute Gasteiger partial charge is 0.227 e. The zero-order valence-corrected chi connectivity index (χ0v) is 14.2. The molecule has 0 radical (unpaired) electrons. The maximum absolute atomic E-state index is 12.3. The second-order valence-electron chi connectivity index (χ2n) is 6.43. The van der Waals surface area contributed by atoms with Crippen molar-refractivity contribution in [1.29, 1.82) is 0 Å². The van der Waals surface area contributed by atoms with Crippen molar-refractivity contribution in [3.63, 3.8) is 0 Å². The Morgan fingerprint density at radius 3 is 2.83 bits per heavy atom. The van der Waals surface area contributed by atoms with Gasteiger partial charge in [-0.2, -0.15) is 0 Å². The van der Waals surface area contributed by atoms with Crippen LogP contribution in [-0.4, -0.2) is 37.4 Å². The molecule has 2 heterocycles. The largest absolute Gasteiger partial charge is 0.356 e. The number of hydrogen-bond donors (Lipinski definition) is 1. The first kappa shape index (κ1) is 16.5. The summed E-state index contributed by atoms with van der Waals surface area (Å²) in [7, 11) is 0. The van der Waals surface area contributed by atoms with E-state index >= 15 is 0 Å². The molecule has 128 valence electrons. The van der Waals surface area contributed by atoms with E-state index in [0.29, 0.717) is 19.6 Å². The number of fused-ring (bicyclic) bond motifs is 1. The number of carbonyl (C=O) groups excluding carboxylic acids is 3. The maximum Gasteiger partial charge on any atom is 0.227 e. The second kappa shape index (κ2) is 6.63. The Morgan fingerprint density at radius 2 is 2.12 bits per heavy atom. The molecule has 3 rings (SSSR count). The van der Waals surface area contributed by atoms with Crippen LogP contribution in [0, 0.1) is 5.92 Å². The number of amides is 3. The van der Waals surface area contributed by atoms with Crippen LogP contribution in [0.25, 0.3) is 0 Å². The van der Waals surface area contributed by atoms with Gasteiger partial charge in [-0.1, -0.05) is 6.92 Å². The van der Waals surface area contributed by atoms with Crippen LogP contribution in [0.15, 0.2) is 18.2 Å². The van der Waals surface area contributed by atoms with Crippen LogP contribution in [0.2, 0.25) is 0 Å². The third-order valence-corrected chi connectivity index (χ3v) is 4.70. The molecule has 1 N–H and O–H groups in total. The van der Waals surface area contributed by atoms with Gasteiger partial charge in [0.1, 0.15) is 0 Å². The molecule has 6 heteroatoms. The highest BCUT2D eigenvalue weighted by atomic mass is 16.2. The zero-order valence-electron chi connectivity index (χ0n) is 14.2. The van der Waals surface area contributed by atoms with Gasteiger partial charge < -0.3 is 15.1 Å². The summed E-state index contributed by atoms with van der Waals surface area (Å²) in [5, 5.41) is 2.86. The summed E-state index contributed by atoms with van der Waals surface area (Å²) in [5.41, 5.74) is 2.82. The fourth-order valence-electron chi connectivity index (χ4n) is 3.41. The molecule has 0 spiro atoms. The summed E-state index contributed by atoms with van der Waals surface area (Å²) in [4.78, 5) is 39.5. The zero-order chi connectivity index (χ0) is 17.3. The topological polar surface area (TPSA) is 69.7 Å². The lowest BCUT2D eigenvalue weighted by Gasteiger charge is -2.19. The molecule has 1 unspecified atom stereocenters. The Morgan fingerprint density at radius 1 is 1.33 bits per heavy atom. The molecule has 1 aromatic carbocycles. The van der Waals surface area contributed by atoms with E-state index in [1.165, 1.54) is 0 Å². The van der Waals surface area contributed by atoms with E-state index in [-0.39, 0.29) is 30.1 Å². The number of nitrogens with one attached hydrogen (secondary N) is 1. The third kappa shape index (κ3) is 3.00. The first-order valence-electron chi connectivity index (χ1n) is 8.50. The maximum atomic E-state index is 12.3. The van der Waals surface area contributed by atoms with E-state index in [1.54, 1.807) is 16.7 Å². The molecule has 0 aromatic heterocycles. The first-order chi connectivity index (χ1) is 11.5. The van der Waals surface area contributed by atoms with Gasteiger partial charge in [0.25, 0.3) is 0 Å². The first-order valence-corrected chi connectivity index (χ1v) is 8.50. The van der Waals surface area contributed by atoms with E-state index < -0.39 is 0 Å². The molecule has 2 aliphatic heterocycles. The number of nitrogens with zero attached hydrogens (tertiary/aromatic N) is 2. The monoisotopic (exact) mass is 329 g/mol. The highest BCUT2D eigenvalue weighted by Crippen LogP contribution is 2.34. The SMILES string of the molecule is CCCNC(=O)C1CC(=O)N(c2ccc3c(c2)CCN3C(C)=O)C1. The van der Waals surface area contributed by atoms with Gasteiger partial charge in [-0.05, 0) is 36.6 Å². The highest BCUT2D eigenvalue weighted by Gasteiger charge is 2.35. The Kier molecular flexibility index (Phi) is 4.55. The van der Waals surface area contributed by atoms with E-state index in [4.69, 9.17) is 0 Å². The van der Waals surface area contributed by atoms with Crippen LogP contribution in [0.5, 0.6) is 0 Å². The second-order valence-corrected chi connectivity index (χ2v) is 6.43. The Bertz CT molecular complexity index is 686. The van der Waals surface area contributed by atoms with Gasteiger partial charge in [-0.3, -0.25) is 14.4 Å². The predicted octanol–water partition coefficient (Wildman–Crippen LogP) is 1.47. The third-order valence-electron chi connectivity index (χ3n) is 4.70. The van der Waals surface area contributed by atoms with E-state index in [1.807, 2.05) is 25.1 Å². The van der Waals surface area contributed by atoms with Crippen molar-refractivity contribution in [3.8, 4) is 0 Å². The molecular weight excluding hydrogens is 306 g/mol. The number of hydrogen-bond acceptors (Lipinski definition) is 3. The average Bonchev–Trinajstić information content (AvgIpc) is 3.15. The van der Waals surface area contributed by atoms with Crippen molar-refractivity contribution in [2.75, 3.05) is 29.4 Å². The van der Waals surface area contributed by atoms with Crippen molar-refractivity contribution >= 4 is 29.1 Å². The average molecular weight is 329 g/mol. The van der Waals surface area contributed by atoms with Gasteiger partial charge in [0.15, 0.2) is 0 Å². The summed E-state index contributed by atoms with van der Waals surface area (Å²) >= 11 is 0. The molecule has 3 amide bonds. The number of rotatable bonds is 4. The lowest BCUT2D eigenvalue weighted by molar-refractivity contribution is -0.126. The highest BCUT2D eigenvalue weighted by molar-refractivity contribution is 6.01. The van der Waals surface area contributed by atoms with Crippen molar-refractivity contribution in [2.45, 2.75) is 33.1 Å². The minimum absolute atomic E-state index is 0.0204. The number of benzene rings is 1. The van der Waals surface area contributed by atoms with Crippen LogP contribution in [0.4, 0.5) is 11.4 Å². The van der Waals surface area contributed by atoms with Crippen LogP contribution < -0.4 is 15.1 Å². The molecule has 1 aromatic rings. The van der Waals surface area contributed by atoms with Crippen LogP contribution in [0.3, 0.4) is 0 Å². The van der Waals surface area contributed by atoms with Gasteiger partial charge in [0.2, 0.25) is 17.7 Å². The van der Waals surface area contributed by atoms with Crippen LogP contribution >= 0.6 is 0 Å². The lowest BCUT2D eigenvalue weighted by Crippen LogP contribution is -2.33. The van der Waals surface area contributed by atoms with Gasteiger partial charge in [-0.15, -0.1) is 0 Å². The molecule has 1 fully saturated rings. The fourth-order valence-corrected chi connectivity index (χ4v) is 3.41. The van der Waals surface area contributed by atoms with Gasteiger partial charge in [0, 0.05) is 44.4 Å². The minimum atomic E-state index is -0.286. The molecule has 0 saturated carbocycles. The van der Waals surface area contributed by atoms with Crippen molar-refractivity contribution in [3.05, 3.63) is 23.8 Å². The molecule has 6 nitrogen and oxygen atoms in total. The number of anilines is 2. The van der Waals surface area contributed by atoms with Gasteiger partial charge in [-0.25, -0.2) is 0 Å². The van der Waals surface area contributed by atoms with Crippen molar-refractivity contribution in [1.82, 2.24) is 5.32 Å². The van der Waals surface area contributed by atoms with Gasteiger partial charge >= 0.3 is 0 Å². The fraction of sp³-hybridized carbons (Fsp3) is 0.500. The molecule has 1 saturated heterocycles. The summed E-state index contributed by atoms with van der Waals surface area (Å²) in [6.07, 6.45) is 1.94. The molecule has 0 bridgehead atoms. The molecule has 1 atom stereocenters. The van der Waals surface area contributed by atoms with Crippen molar-refractivity contribution in [2.24, 2.45) is 5.92 Å². The quantitative estimate of drug-likeness (QED) is 0.909. The predicted molar refractivity (Wildman–Crippen MR) is 91.9 cm³/mol. The Labute approximate surface area is 141 Å². The Hall–Kier alpha value is -2.37. The van der Waals surface area contributed by atoms with E-state index in [0.717, 1.165) is 29.8 Å². The van der Waals surface area contributed by atoms with Gasteiger partial charge in [0.05, 0.1) is 5.92 Å². The molecular formula is C18H23N3O3. The Balaban J connectivity index is 1.75. The minimum Gasteiger partial charge on any atom is -0.356 e. The number of carbonyl (C=O) groups is 3. The van der Waals surface area contributed by atoms with Crippen molar-refractivity contribution < 1.29 is 14.4 Å². The lowest BCUT2D eigenvalue weighted by atomic mass is 10.1. The van der Waals surface area contributed by atoms with Crippen LogP contribution in [-0.2, 0) is 20.8 Å². The normalized spacial score (nSPS) is 19.6. The summed E-state index contributed by atoms with van der Waals surface area (Å²) in [6, 6.07) is 5.74. The van der Waals surface area contributed by atoms with Crippen LogP contribution in [0.1, 0.15) is 32.3 Å². The summed E-state index contributed by atoms with van der Waals surface area (Å²) in [6.45, 7) is 5.31.